The van der Waals surface area contributed by atoms with Crippen LogP contribution in [-0.4, -0.2) is 47.8 Å². The summed E-state index contributed by atoms with van der Waals surface area (Å²) in [5.74, 6) is 0.911. The van der Waals surface area contributed by atoms with Crippen molar-refractivity contribution in [2.75, 3.05) is 19.6 Å². The molecule has 3 nitrogen and oxygen atoms in total. The van der Waals surface area contributed by atoms with Gasteiger partial charge in [-0.15, -0.1) is 0 Å². The second-order valence-corrected chi connectivity index (χ2v) is 6.72. The van der Waals surface area contributed by atoms with Crippen molar-refractivity contribution >= 4 is 0 Å². The molecule has 0 aromatic rings. The van der Waals surface area contributed by atoms with Crippen molar-refractivity contribution in [3.63, 3.8) is 0 Å². The molecule has 4 aliphatic rings. The molecule has 4 atom stereocenters. The molecule has 0 unspecified atom stereocenters. The average molecular weight is 249 g/mol. The lowest BCUT2D eigenvalue weighted by molar-refractivity contribution is -0.146. The Morgan fingerprint density at radius 2 is 1.61 bits per heavy atom. The van der Waals surface area contributed by atoms with Gasteiger partial charge in [0, 0.05) is 18.5 Å². The third kappa shape index (κ3) is 1.75. The number of hydrogen-bond donors (Lipinski definition) is 1. The van der Waals surface area contributed by atoms with Gasteiger partial charge in [-0.25, -0.2) is 0 Å². The molecule has 18 heavy (non-hydrogen) atoms. The number of hydrogen-bond acceptors (Lipinski definition) is 3. The first-order valence-electron chi connectivity index (χ1n) is 8.20. The van der Waals surface area contributed by atoms with Gasteiger partial charge in [0.2, 0.25) is 0 Å². The van der Waals surface area contributed by atoms with E-state index >= 15 is 0 Å². The molecule has 4 aliphatic heterocycles. The van der Waals surface area contributed by atoms with Crippen LogP contribution in [-0.2, 0) is 0 Å². The smallest absolute Gasteiger partial charge is 0.0654 e. The van der Waals surface area contributed by atoms with E-state index in [1.807, 2.05) is 0 Å². The van der Waals surface area contributed by atoms with E-state index < -0.39 is 0 Å². The predicted molar refractivity (Wildman–Crippen MR) is 73.2 cm³/mol. The quantitative estimate of drug-likeness (QED) is 0.708. The van der Waals surface area contributed by atoms with E-state index in [0.29, 0.717) is 6.17 Å². The highest BCUT2D eigenvalue weighted by molar-refractivity contribution is 5.00. The molecule has 3 heteroatoms. The molecule has 1 N–H and O–H groups in total. The molecule has 4 fully saturated rings. The van der Waals surface area contributed by atoms with Crippen molar-refractivity contribution in [1.82, 2.24) is 15.1 Å². The highest BCUT2D eigenvalue weighted by Crippen LogP contribution is 2.41. The molecule has 0 radical (unpaired) electrons. The molecule has 0 aliphatic carbocycles. The number of fused-ring (bicyclic) bond motifs is 6. The van der Waals surface area contributed by atoms with Crippen LogP contribution in [0.25, 0.3) is 0 Å². The second-order valence-electron chi connectivity index (χ2n) is 6.72. The van der Waals surface area contributed by atoms with Gasteiger partial charge in [-0.1, -0.05) is 6.42 Å². The molecule has 0 bridgehead atoms. The van der Waals surface area contributed by atoms with Crippen LogP contribution in [0, 0.1) is 5.92 Å². The third-order valence-corrected chi connectivity index (χ3v) is 5.81. The van der Waals surface area contributed by atoms with Crippen LogP contribution in [0.15, 0.2) is 0 Å². The fourth-order valence-electron chi connectivity index (χ4n) is 5.09. The van der Waals surface area contributed by atoms with E-state index in [1.165, 1.54) is 71.0 Å². The zero-order valence-electron chi connectivity index (χ0n) is 11.5. The minimum Gasteiger partial charge on any atom is -0.301 e. The summed E-state index contributed by atoms with van der Waals surface area (Å²) in [6, 6.07) is 0.899. The van der Waals surface area contributed by atoms with E-state index in [0.717, 1.165) is 18.1 Å². The Morgan fingerprint density at radius 1 is 0.778 bits per heavy atom. The van der Waals surface area contributed by atoms with Crippen molar-refractivity contribution < 1.29 is 0 Å². The lowest BCUT2D eigenvalue weighted by atomic mass is 9.78. The largest absolute Gasteiger partial charge is 0.301 e. The van der Waals surface area contributed by atoms with Gasteiger partial charge < -0.3 is 5.32 Å². The summed E-state index contributed by atoms with van der Waals surface area (Å²) < 4.78 is 0. The molecule has 4 rings (SSSR count). The van der Waals surface area contributed by atoms with E-state index in [4.69, 9.17) is 0 Å². The summed E-state index contributed by atoms with van der Waals surface area (Å²) in [6.45, 7) is 3.95. The standard InChI is InChI=1S/C15H27N3/c1-3-10-17-13(7-1)12-6-5-9-16-15(12)18-11-4-2-8-14(17)18/h12-16H,1-11H2/t12-,13-,14+,15+/m1/s1. The first-order valence-corrected chi connectivity index (χ1v) is 8.20. The Bertz CT molecular complexity index is 217. The van der Waals surface area contributed by atoms with Crippen LogP contribution in [0.5, 0.6) is 0 Å². The normalized spacial score (nSPS) is 46.0. The van der Waals surface area contributed by atoms with Crippen molar-refractivity contribution in [3.05, 3.63) is 0 Å². The first-order chi connectivity index (χ1) is 8.95. The number of rotatable bonds is 0. The minimum atomic E-state index is 0.711. The number of piperidine rings is 3. The summed E-state index contributed by atoms with van der Waals surface area (Å²) in [6.07, 6.45) is 13.0. The Kier molecular flexibility index (Phi) is 3.10. The zero-order chi connectivity index (χ0) is 11.9. The lowest BCUT2D eigenvalue weighted by Crippen LogP contribution is -2.72. The average Bonchev–Trinajstić information content (AvgIpc) is 2.48. The van der Waals surface area contributed by atoms with E-state index in [1.54, 1.807) is 0 Å². The summed E-state index contributed by atoms with van der Waals surface area (Å²) >= 11 is 0. The van der Waals surface area contributed by atoms with Crippen LogP contribution < -0.4 is 5.32 Å². The maximum Gasteiger partial charge on any atom is 0.0654 e. The number of nitrogens with one attached hydrogen (secondary N) is 1. The molecule has 0 amide bonds. The van der Waals surface area contributed by atoms with Crippen molar-refractivity contribution in [2.45, 2.75) is 69.7 Å². The minimum absolute atomic E-state index is 0.711. The van der Waals surface area contributed by atoms with Crippen LogP contribution in [0.4, 0.5) is 0 Å². The molecule has 0 aromatic heterocycles. The predicted octanol–water partition coefficient (Wildman–Crippen LogP) is 1.99. The van der Waals surface area contributed by atoms with Crippen LogP contribution >= 0.6 is 0 Å². The fraction of sp³-hybridized carbons (Fsp3) is 1.00. The summed E-state index contributed by atoms with van der Waals surface area (Å²) in [4.78, 5) is 5.73. The molecule has 0 spiro atoms. The van der Waals surface area contributed by atoms with Crippen LogP contribution in [0.3, 0.4) is 0 Å². The van der Waals surface area contributed by atoms with Gasteiger partial charge in [0.05, 0.1) is 12.3 Å². The Labute approximate surface area is 111 Å². The van der Waals surface area contributed by atoms with E-state index in [-0.39, 0.29) is 0 Å². The van der Waals surface area contributed by atoms with E-state index in [2.05, 4.69) is 15.1 Å². The fourth-order valence-corrected chi connectivity index (χ4v) is 5.09. The molecule has 102 valence electrons. The summed E-state index contributed by atoms with van der Waals surface area (Å²) in [5, 5.41) is 3.85. The monoisotopic (exact) mass is 249 g/mol. The molecule has 0 aromatic carbocycles. The second kappa shape index (κ2) is 4.77. The van der Waals surface area contributed by atoms with E-state index in [9.17, 15) is 0 Å². The Morgan fingerprint density at radius 3 is 2.56 bits per heavy atom. The van der Waals surface area contributed by atoms with Gasteiger partial charge in [-0.2, -0.15) is 0 Å². The first kappa shape index (κ1) is 11.7. The van der Waals surface area contributed by atoms with Crippen LogP contribution in [0.1, 0.15) is 51.4 Å². The van der Waals surface area contributed by atoms with Gasteiger partial charge in [0.1, 0.15) is 0 Å². The van der Waals surface area contributed by atoms with Crippen molar-refractivity contribution in [3.8, 4) is 0 Å². The SMILES string of the molecule is C1CN[C@@H]2[C@H](C1)[C@H]1CCCCN1[C@@H]1CCCCN12. The molecule has 0 saturated carbocycles. The maximum absolute atomic E-state index is 3.85. The zero-order valence-corrected chi connectivity index (χ0v) is 11.5. The van der Waals surface area contributed by atoms with Gasteiger partial charge in [0.25, 0.3) is 0 Å². The highest BCUT2D eigenvalue weighted by Gasteiger charge is 2.48. The number of nitrogens with zero attached hydrogens (tertiary/aromatic N) is 2. The van der Waals surface area contributed by atoms with Gasteiger partial charge in [-0.05, 0) is 58.0 Å². The Hall–Kier alpha value is -0.120. The van der Waals surface area contributed by atoms with Crippen LogP contribution in [0.2, 0.25) is 0 Å². The van der Waals surface area contributed by atoms with Gasteiger partial charge in [0.15, 0.2) is 0 Å². The maximum atomic E-state index is 3.85. The van der Waals surface area contributed by atoms with Crippen molar-refractivity contribution in [2.24, 2.45) is 5.92 Å². The molecule has 4 saturated heterocycles. The highest BCUT2D eigenvalue weighted by atomic mass is 15.5. The molecule has 4 heterocycles. The van der Waals surface area contributed by atoms with Gasteiger partial charge in [-0.3, -0.25) is 9.80 Å². The lowest BCUT2D eigenvalue weighted by Gasteiger charge is -2.60. The summed E-state index contributed by atoms with van der Waals surface area (Å²) in [5.41, 5.74) is 0. The van der Waals surface area contributed by atoms with Crippen molar-refractivity contribution in [1.29, 1.82) is 0 Å². The third-order valence-electron chi connectivity index (χ3n) is 5.81. The summed E-state index contributed by atoms with van der Waals surface area (Å²) in [7, 11) is 0. The topological polar surface area (TPSA) is 18.5 Å². The molecular formula is C15H27N3. The molecular weight excluding hydrogens is 222 g/mol. The van der Waals surface area contributed by atoms with Gasteiger partial charge >= 0.3 is 0 Å². The Balaban J connectivity index is 1.64.